The average Bonchev–Trinajstić information content (AvgIpc) is 2.32. The molecule has 0 heterocycles. The second-order valence-corrected chi connectivity index (χ2v) is 4.90. The number of hydrogen-bond acceptors (Lipinski definition) is 3. The summed E-state index contributed by atoms with van der Waals surface area (Å²) in [5.41, 5.74) is 0.501. The summed E-state index contributed by atoms with van der Waals surface area (Å²) in [5.74, 6) is 0.307. The zero-order valence-corrected chi connectivity index (χ0v) is 10.7. The van der Waals surface area contributed by atoms with E-state index in [1.165, 1.54) is 0 Å². The number of phenols is 1. The maximum atomic E-state index is 9.79. The topological polar surface area (TPSA) is 56.0 Å². The lowest BCUT2D eigenvalue weighted by Gasteiger charge is -2.23. The van der Waals surface area contributed by atoms with Crippen LogP contribution in [-0.4, -0.2) is 11.7 Å². The SMILES string of the molecule is CCC(NCC(C)(C)C#N)c1ccccc1O. The van der Waals surface area contributed by atoms with Gasteiger partial charge < -0.3 is 10.4 Å². The first-order chi connectivity index (χ1) is 8.00. The van der Waals surface area contributed by atoms with Crippen molar-refractivity contribution in [2.75, 3.05) is 6.54 Å². The number of aromatic hydroxyl groups is 1. The molecule has 1 unspecified atom stereocenters. The van der Waals surface area contributed by atoms with Crippen LogP contribution in [0.1, 0.15) is 38.8 Å². The molecule has 0 aliphatic rings. The van der Waals surface area contributed by atoms with Crippen LogP contribution in [0, 0.1) is 16.7 Å². The van der Waals surface area contributed by atoms with Crippen LogP contribution in [-0.2, 0) is 0 Å². The van der Waals surface area contributed by atoms with Crippen LogP contribution in [0.3, 0.4) is 0 Å². The van der Waals surface area contributed by atoms with Crippen molar-refractivity contribution in [1.82, 2.24) is 5.32 Å². The van der Waals surface area contributed by atoms with Crippen LogP contribution in [0.2, 0.25) is 0 Å². The van der Waals surface area contributed by atoms with Crippen LogP contribution in [0.5, 0.6) is 5.75 Å². The second-order valence-electron chi connectivity index (χ2n) is 4.90. The number of hydrogen-bond donors (Lipinski definition) is 2. The molecule has 3 nitrogen and oxygen atoms in total. The fourth-order valence-corrected chi connectivity index (χ4v) is 1.67. The third kappa shape index (κ3) is 3.76. The maximum absolute atomic E-state index is 9.79. The number of para-hydroxylation sites is 1. The lowest BCUT2D eigenvalue weighted by Crippen LogP contribution is -2.31. The van der Waals surface area contributed by atoms with Crippen LogP contribution in [0.25, 0.3) is 0 Å². The van der Waals surface area contributed by atoms with E-state index in [2.05, 4.69) is 18.3 Å². The highest BCUT2D eigenvalue weighted by Crippen LogP contribution is 2.26. The summed E-state index contributed by atoms with van der Waals surface area (Å²) >= 11 is 0. The monoisotopic (exact) mass is 232 g/mol. The molecule has 1 atom stereocenters. The first kappa shape index (κ1) is 13.5. The van der Waals surface area contributed by atoms with Crippen LogP contribution < -0.4 is 5.32 Å². The molecule has 0 spiro atoms. The fraction of sp³-hybridized carbons (Fsp3) is 0.500. The Kier molecular flexibility index (Phi) is 4.53. The van der Waals surface area contributed by atoms with Crippen molar-refractivity contribution >= 4 is 0 Å². The molecule has 3 heteroatoms. The van der Waals surface area contributed by atoms with Crippen molar-refractivity contribution in [2.45, 2.75) is 33.2 Å². The lowest BCUT2D eigenvalue weighted by molar-refractivity contribution is 0.386. The zero-order chi connectivity index (χ0) is 12.9. The maximum Gasteiger partial charge on any atom is 0.120 e. The van der Waals surface area contributed by atoms with Gasteiger partial charge in [0.1, 0.15) is 5.75 Å². The standard InChI is InChI=1S/C14H20N2O/c1-4-12(16-10-14(2,3)9-15)11-7-5-6-8-13(11)17/h5-8,12,16-17H,4,10H2,1-3H3. The normalized spacial score (nSPS) is 13.1. The Morgan fingerprint density at radius 3 is 2.59 bits per heavy atom. The molecule has 1 aromatic rings. The van der Waals surface area contributed by atoms with Gasteiger partial charge in [0.2, 0.25) is 0 Å². The molecular weight excluding hydrogens is 212 g/mol. The summed E-state index contributed by atoms with van der Waals surface area (Å²) < 4.78 is 0. The van der Waals surface area contributed by atoms with E-state index in [0.29, 0.717) is 12.3 Å². The molecule has 17 heavy (non-hydrogen) atoms. The minimum atomic E-state index is -0.391. The van der Waals surface area contributed by atoms with Gasteiger partial charge in [0, 0.05) is 18.2 Å². The van der Waals surface area contributed by atoms with E-state index in [0.717, 1.165) is 12.0 Å². The molecule has 1 rings (SSSR count). The summed E-state index contributed by atoms with van der Waals surface area (Å²) in [5, 5.41) is 22.1. The summed E-state index contributed by atoms with van der Waals surface area (Å²) in [7, 11) is 0. The number of rotatable bonds is 5. The van der Waals surface area contributed by atoms with Crippen LogP contribution >= 0.6 is 0 Å². The van der Waals surface area contributed by atoms with Gasteiger partial charge in [-0.15, -0.1) is 0 Å². The van der Waals surface area contributed by atoms with Crippen molar-refractivity contribution in [1.29, 1.82) is 5.26 Å². The predicted octanol–water partition coefficient (Wildman–Crippen LogP) is 2.98. The van der Waals surface area contributed by atoms with E-state index >= 15 is 0 Å². The number of phenolic OH excluding ortho intramolecular Hbond substituents is 1. The van der Waals surface area contributed by atoms with E-state index in [4.69, 9.17) is 5.26 Å². The molecule has 0 bridgehead atoms. The lowest BCUT2D eigenvalue weighted by atomic mass is 9.94. The number of nitrogens with zero attached hydrogens (tertiary/aromatic N) is 1. The highest BCUT2D eigenvalue weighted by Gasteiger charge is 2.20. The van der Waals surface area contributed by atoms with Crippen LogP contribution in [0.15, 0.2) is 24.3 Å². The third-order valence-corrected chi connectivity index (χ3v) is 2.81. The molecule has 0 aliphatic heterocycles. The number of nitriles is 1. The number of benzene rings is 1. The van der Waals surface area contributed by atoms with Gasteiger partial charge in [-0.25, -0.2) is 0 Å². The summed E-state index contributed by atoms with van der Waals surface area (Å²) in [6.45, 7) is 6.47. The van der Waals surface area contributed by atoms with E-state index in [-0.39, 0.29) is 6.04 Å². The molecule has 92 valence electrons. The zero-order valence-electron chi connectivity index (χ0n) is 10.7. The van der Waals surface area contributed by atoms with Gasteiger partial charge in [0.15, 0.2) is 0 Å². The van der Waals surface area contributed by atoms with Gasteiger partial charge in [0.05, 0.1) is 11.5 Å². The quantitative estimate of drug-likeness (QED) is 0.820. The second kappa shape index (κ2) is 5.70. The van der Waals surface area contributed by atoms with Crippen molar-refractivity contribution in [3.63, 3.8) is 0 Å². The van der Waals surface area contributed by atoms with Crippen molar-refractivity contribution in [3.05, 3.63) is 29.8 Å². The summed E-state index contributed by atoms with van der Waals surface area (Å²) in [4.78, 5) is 0. The number of nitrogens with one attached hydrogen (secondary N) is 1. The van der Waals surface area contributed by atoms with Crippen molar-refractivity contribution in [2.24, 2.45) is 5.41 Å². The van der Waals surface area contributed by atoms with Crippen molar-refractivity contribution in [3.8, 4) is 11.8 Å². The van der Waals surface area contributed by atoms with Crippen LogP contribution in [0.4, 0.5) is 0 Å². The van der Waals surface area contributed by atoms with E-state index in [1.807, 2.05) is 32.0 Å². The molecule has 0 aromatic heterocycles. The third-order valence-electron chi connectivity index (χ3n) is 2.81. The Hall–Kier alpha value is -1.53. The average molecular weight is 232 g/mol. The highest BCUT2D eigenvalue weighted by molar-refractivity contribution is 5.34. The first-order valence-corrected chi connectivity index (χ1v) is 5.92. The summed E-state index contributed by atoms with van der Waals surface area (Å²) in [6, 6.07) is 9.67. The van der Waals surface area contributed by atoms with Gasteiger partial charge in [0.25, 0.3) is 0 Å². The summed E-state index contributed by atoms with van der Waals surface area (Å²) in [6.07, 6.45) is 0.874. The molecule has 2 N–H and O–H groups in total. The highest BCUT2D eigenvalue weighted by atomic mass is 16.3. The van der Waals surface area contributed by atoms with E-state index < -0.39 is 5.41 Å². The Balaban J connectivity index is 2.74. The molecule has 0 aliphatic carbocycles. The first-order valence-electron chi connectivity index (χ1n) is 5.92. The smallest absolute Gasteiger partial charge is 0.120 e. The van der Waals surface area contributed by atoms with Gasteiger partial charge in [-0.3, -0.25) is 0 Å². The van der Waals surface area contributed by atoms with Gasteiger partial charge in [-0.05, 0) is 26.3 Å². The molecule has 0 saturated heterocycles. The Labute approximate surface area is 103 Å². The Morgan fingerprint density at radius 2 is 2.06 bits per heavy atom. The van der Waals surface area contributed by atoms with Gasteiger partial charge in [-0.2, -0.15) is 5.26 Å². The molecule has 1 aromatic carbocycles. The molecule has 0 fully saturated rings. The fourth-order valence-electron chi connectivity index (χ4n) is 1.67. The molecule has 0 saturated carbocycles. The minimum absolute atomic E-state index is 0.0869. The minimum Gasteiger partial charge on any atom is -0.508 e. The Morgan fingerprint density at radius 1 is 1.41 bits per heavy atom. The van der Waals surface area contributed by atoms with Crippen molar-refractivity contribution < 1.29 is 5.11 Å². The molecule has 0 radical (unpaired) electrons. The largest absolute Gasteiger partial charge is 0.508 e. The van der Waals surface area contributed by atoms with Gasteiger partial charge in [-0.1, -0.05) is 25.1 Å². The predicted molar refractivity (Wildman–Crippen MR) is 68.5 cm³/mol. The molecular formula is C14H20N2O. The van der Waals surface area contributed by atoms with E-state index in [9.17, 15) is 5.11 Å². The molecule has 0 amide bonds. The van der Waals surface area contributed by atoms with E-state index in [1.54, 1.807) is 6.07 Å². The Bertz CT molecular complexity index is 407. The van der Waals surface area contributed by atoms with Gasteiger partial charge >= 0.3 is 0 Å².